The summed E-state index contributed by atoms with van der Waals surface area (Å²) in [4.78, 5) is -0.0652. The Kier molecular flexibility index (Phi) is 7.11. The van der Waals surface area contributed by atoms with Gasteiger partial charge in [-0.2, -0.15) is 0 Å². The minimum absolute atomic E-state index is 0. The summed E-state index contributed by atoms with van der Waals surface area (Å²) in [5, 5.41) is 2.00. The van der Waals surface area contributed by atoms with Gasteiger partial charge in [0.05, 0.1) is 4.90 Å². The predicted octanol–water partition coefficient (Wildman–Crippen LogP) is 2.12. The Balaban J connectivity index is 0.00000288. The summed E-state index contributed by atoms with van der Waals surface area (Å²) in [5.41, 5.74) is 2.77. The van der Waals surface area contributed by atoms with E-state index in [0.717, 1.165) is 16.3 Å². The van der Waals surface area contributed by atoms with Crippen LogP contribution in [0.2, 0.25) is 0 Å². The Bertz CT molecular complexity index is 837. The Labute approximate surface area is 167 Å². The minimum Gasteiger partial charge on any atom is -0.744 e. The van der Waals surface area contributed by atoms with Gasteiger partial charge in [-0.3, -0.25) is 0 Å². The molecule has 0 unspecified atom stereocenters. The molecular weight excluding hydrogens is 331 g/mol. The van der Waals surface area contributed by atoms with Crippen molar-refractivity contribution in [3.63, 3.8) is 0 Å². The van der Waals surface area contributed by atoms with Gasteiger partial charge in [0, 0.05) is 0 Å². The molecule has 0 heterocycles. The first-order chi connectivity index (χ1) is 10.6. The topological polar surface area (TPSA) is 57.2 Å². The van der Waals surface area contributed by atoms with Gasteiger partial charge in [0.25, 0.3) is 0 Å². The zero-order valence-corrected chi connectivity index (χ0v) is 18.5. The van der Waals surface area contributed by atoms with Crippen molar-refractivity contribution >= 4 is 20.9 Å². The van der Waals surface area contributed by atoms with E-state index in [1.807, 2.05) is 39.8 Å². The Hall–Kier alpha value is -0.390. The third-order valence-corrected chi connectivity index (χ3v) is 5.19. The average molecular weight is 356 g/mol. The maximum Gasteiger partial charge on any atom is 1.00 e. The van der Waals surface area contributed by atoms with Gasteiger partial charge in [-0.25, -0.2) is 8.42 Å². The van der Waals surface area contributed by atoms with Crippen molar-refractivity contribution in [2.75, 3.05) is 0 Å². The monoisotopic (exact) mass is 356 g/mol. The second-order valence-electron chi connectivity index (χ2n) is 7.07. The van der Waals surface area contributed by atoms with Gasteiger partial charge in [-0.05, 0) is 51.3 Å². The molecule has 126 valence electrons. The van der Waals surface area contributed by atoms with E-state index in [-0.39, 0.29) is 46.3 Å². The third kappa shape index (κ3) is 4.05. The smallest absolute Gasteiger partial charge is 0.744 e. The molecule has 5 heteroatoms. The third-order valence-electron chi connectivity index (χ3n) is 4.32. The molecule has 0 atom stereocenters. The van der Waals surface area contributed by atoms with E-state index in [1.165, 1.54) is 5.56 Å². The van der Waals surface area contributed by atoms with Crippen molar-refractivity contribution in [3.8, 4) is 0 Å². The van der Waals surface area contributed by atoms with Crippen LogP contribution in [0.15, 0.2) is 29.2 Å². The second kappa shape index (κ2) is 7.88. The summed E-state index contributed by atoms with van der Waals surface area (Å²) in [5.74, 6) is 0.421. The summed E-state index contributed by atoms with van der Waals surface area (Å²) in [7, 11) is -4.51. The fourth-order valence-corrected chi connectivity index (χ4v) is 4.17. The molecule has 0 radical (unpaired) electrons. The van der Waals surface area contributed by atoms with Crippen molar-refractivity contribution in [2.24, 2.45) is 0 Å². The molecule has 0 aromatic heterocycles. The number of fused-ring (bicyclic) bond motifs is 1. The van der Waals surface area contributed by atoms with Crippen molar-refractivity contribution < 1.29 is 42.5 Å². The SMILES string of the molecule is CC(C)c1c(S(=O)(=O)[O-])cc(C(C)C)c2c(C(C)C)cccc12.[Na+]. The molecule has 0 aliphatic rings. The van der Waals surface area contributed by atoms with Crippen LogP contribution in [0.1, 0.15) is 76.0 Å². The molecule has 0 amide bonds. The van der Waals surface area contributed by atoms with Gasteiger partial charge in [0.15, 0.2) is 0 Å². The Morgan fingerprint density at radius 1 is 0.875 bits per heavy atom. The van der Waals surface area contributed by atoms with Crippen molar-refractivity contribution in [2.45, 2.75) is 64.2 Å². The summed E-state index contributed by atoms with van der Waals surface area (Å²) >= 11 is 0. The van der Waals surface area contributed by atoms with Gasteiger partial charge in [0.2, 0.25) is 0 Å². The van der Waals surface area contributed by atoms with E-state index >= 15 is 0 Å². The molecule has 2 rings (SSSR count). The quantitative estimate of drug-likeness (QED) is 0.623. The Morgan fingerprint density at radius 3 is 1.83 bits per heavy atom. The van der Waals surface area contributed by atoms with Crippen LogP contribution in [0.5, 0.6) is 0 Å². The van der Waals surface area contributed by atoms with E-state index in [9.17, 15) is 13.0 Å². The van der Waals surface area contributed by atoms with Gasteiger partial charge < -0.3 is 4.55 Å². The zero-order chi connectivity index (χ0) is 17.5. The Morgan fingerprint density at radius 2 is 1.42 bits per heavy atom. The van der Waals surface area contributed by atoms with Gasteiger partial charge in [0.1, 0.15) is 10.1 Å². The second-order valence-corrected chi connectivity index (χ2v) is 8.41. The summed E-state index contributed by atoms with van der Waals surface area (Å²) in [6.07, 6.45) is 0. The summed E-state index contributed by atoms with van der Waals surface area (Å²) in [6, 6.07) is 7.59. The first-order valence-corrected chi connectivity index (χ1v) is 9.51. The zero-order valence-electron chi connectivity index (χ0n) is 15.7. The number of hydrogen-bond acceptors (Lipinski definition) is 3. The van der Waals surface area contributed by atoms with Crippen LogP contribution in [-0.4, -0.2) is 13.0 Å². The molecule has 0 aliphatic heterocycles. The number of hydrogen-bond donors (Lipinski definition) is 0. The van der Waals surface area contributed by atoms with E-state index in [0.29, 0.717) is 11.5 Å². The molecule has 0 fully saturated rings. The molecule has 0 bridgehead atoms. The molecule has 0 spiro atoms. The van der Waals surface area contributed by atoms with E-state index in [1.54, 1.807) is 6.07 Å². The summed E-state index contributed by atoms with van der Waals surface area (Å²) < 4.78 is 35.5. The van der Waals surface area contributed by atoms with Crippen LogP contribution in [0.25, 0.3) is 10.8 Å². The molecule has 0 saturated heterocycles. The standard InChI is InChI=1S/C19H26O3S.Na/c1-11(2)14-8-7-9-15-18(13(5)6)17(23(20,21)22)10-16(12(3)4)19(14)15;/h7-13H,1-6H3,(H,20,21,22);/q;+1/p-1. The number of rotatable bonds is 4. The first kappa shape index (κ1) is 21.7. The van der Waals surface area contributed by atoms with E-state index < -0.39 is 10.1 Å². The molecular formula is C19H25NaO3S. The van der Waals surface area contributed by atoms with E-state index in [4.69, 9.17) is 0 Å². The largest absolute Gasteiger partial charge is 1.00 e. The predicted molar refractivity (Wildman–Crippen MR) is 94.2 cm³/mol. The van der Waals surface area contributed by atoms with Crippen LogP contribution in [0.3, 0.4) is 0 Å². The summed E-state index contributed by atoms with van der Waals surface area (Å²) in [6.45, 7) is 12.2. The van der Waals surface area contributed by atoms with Crippen molar-refractivity contribution in [3.05, 3.63) is 41.0 Å². The molecule has 0 saturated carbocycles. The normalized spacial score (nSPS) is 12.2. The number of benzene rings is 2. The van der Waals surface area contributed by atoms with E-state index in [2.05, 4.69) is 19.9 Å². The van der Waals surface area contributed by atoms with Gasteiger partial charge >= 0.3 is 29.6 Å². The average Bonchev–Trinajstić information content (AvgIpc) is 2.42. The van der Waals surface area contributed by atoms with Crippen LogP contribution >= 0.6 is 0 Å². The molecule has 2 aromatic carbocycles. The van der Waals surface area contributed by atoms with Crippen molar-refractivity contribution in [1.29, 1.82) is 0 Å². The molecule has 0 aliphatic carbocycles. The fraction of sp³-hybridized carbons (Fsp3) is 0.474. The minimum atomic E-state index is -4.51. The van der Waals surface area contributed by atoms with Crippen LogP contribution in [0, 0.1) is 0 Å². The van der Waals surface area contributed by atoms with Crippen LogP contribution in [0.4, 0.5) is 0 Å². The van der Waals surface area contributed by atoms with Crippen LogP contribution in [-0.2, 0) is 10.1 Å². The molecule has 3 nitrogen and oxygen atoms in total. The molecule has 0 N–H and O–H groups in total. The molecule has 24 heavy (non-hydrogen) atoms. The first-order valence-electron chi connectivity index (χ1n) is 8.11. The van der Waals surface area contributed by atoms with Crippen LogP contribution < -0.4 is 29.6 Å². The van der Waals surface area contributed by atoms with Gasteiger partial charge in [-0.15, -0.1) is 0 Å². The van der Waals surface area contributed by atoms with Gasteiger partial charge in [-0.1, -0.05) is 59.7 Å². The fourth-order valence-electron chi connectivity index (χ4n) is 3.28. The maximum absolute atomic E-state index is 11.8. The van der Waals surface area contributed by atoms with Crippen molar-refractivity contribution in [1.82, 2.24) is 0 Å². The maximum atomic E-state index is 11.8. The molecule has 2 aromatic rings.